The molecule has 0 aliphatic carbocycles. The number of anilines is 1. The summed E-state index contributed by atoms with van der Waals surface area (Å²) < 4.78 is 3.06. The summed E-state index contributed by atoms with van der Waals surface area (Å²) in [6.45, 7) is 2.77. The maximum atomic E-state index is 5.61. The minimum Gasteiger partial charge on any atom is -0.382 e. The van der Waals surface area contributed by atoms with Crippen molar-refractivity contribution in [3.63, 3.8) is 0 Å². The van der Waals surface area contributed by atoms with E-state index in [2.05, 4.69) is 32.5 Å². The zero-order valence-electron chi connectivity index (χ0n) is 7.70. The van der Waals surface area contributed by atoms with E-state index in [1.54, 1.807) is 11.3 Å². The molecule has 5 heteroatoms. The summed E-state index contributed by atoms with van der Waals surface area (Å²) in [6.07, 6.45) is 0. The molecule has 0 aliphatic heterocycles. The summed E-state index contributed by atoms with van der Waals surface area (Å²) in [6, 6.07) is 3.96. The molecular weight excluding hydrogens is 262 g/mol. The third-order valence-electron chi connectivity index (χ3n) is 2.01. The number of aryl methyl sites for hydroxylation is 1. The molecule has 0 aromatic carbocycles. The monoisotopic (exact) mass is 271 g/mol. The molecule has 0 saturated heterocycles. The van der Waals surface area contributed by atoms with E-state index in [0.29, 0.717) is 5.82 Å². The molecule has 0 atom stereocenters. The highest BCUT2D eigenvalue weighted by Gasteiger charge is 2.05. The Morgan fingerprint density at radius 1 is 1.64 bits per heavy atom. The average Bonchev–Trinajstić information content (AvgIpc) is 2.62. The van der Waals surface area contributed by atoms with E-state index in [-0.39, 0.29) is 0 Å². The molecular formula is C9H10BrN3S. The fourth-order valence-corrected chi connectivity index (χ4v) is 2.51. The Balaban J connectivity index is 2.27. The zero-order valence-corrected chi connectivity index (χ0v) is 10.1. The predicted octanol–water partition coefficient (Wildman–Crippen LogP) is 2.65. The summed E-state index contributed by atoms with van der Waals surface area (Å²) in [4.78, 5) is 0. The molecule has 0 saturated carbocycles. The van der Waals surface area contributed by atoms with Crippen LogP contribution < -0.4 is 5.73 Å². The highest BCUT2D eigenvalue weighted by molar-refractivity contribution is 9.11. The van der Waals surface area contributed by atoms with Gasteiger partial charge >= 0.3 is 0 Å². The minimum absolute atomic E-state index is 0.578. The zero-order chi connectivity index (χ0) is 10.1. The van der Waals surface area contributed by atoms with Crippen LogP contribution in [-0.4, -0.2) is 9.78 Å². The lowest BCUT2D eigenvalue weighted by atomic mass is 10.3. The number of nitrogens with zero attached hydrogens (tertiary/aromatic N) is 2. The Hall–Kier alpha value is -0.810. The smallest absolute Gasteiger partial charge is 0.145 e. The summed E-state index contributed by atoms with van der Waals surface area (Å²) in [5.74, 6) is 0.578. The first kappa shape index (κ1) is 9.73. The number of thiophene rings is 1. The van der Waals surface area contributed by atoms with Gasteiger partial charge in [-0.15, -0.1) is 11.3 Å². The SMILES string of the molecule is Cc1cc(N)nn1Cc1ccsc1Br. The Kier molecular flexibility index (Phi) is 2.60. The van der Waals surface area contributed by atoms with Crippen molar-refractivity contribution in [2.45, 2.75) is 13.5 Å². The molecule has 14 heavy (non-hydrogen) atoms. The fourth-order valence-electron chi connectivity index (χ4n) is 1.29. The van der Waals surface area contributed by atoms with Gasteiger partial charge in [0, 0.05) is 11.8 Å². The molecule has 0 fully saturated rings. The number of rotatable bonds is 2. The molecule has 0 bridgehead atoms. The third kappa shape index (κ3) is 1.83. The topological polar surface area (TPSA) is 43.8 Å². The molecule has 2 heterocycles. The van der Waals surface area contributed by atoms with Gasteiger partial charge in [0.05, 0.1) is 10.3 Å². The third-order valence-corrected chi connectivity index (χ3v) is 3.82. The second kappa shape index (κ2) is 3.74. The van der Waals surface area contributed by atoms with Crippen LogP contribution in [-0.2, 0) is 6.54 Å². The van der Waals surface area contributed by atoms with Crippen LogP contribution in [0, 0.1) is 6.92 Å². The van der Waals surface area contributed by atoms with Crippen molar-refractivity contribution in [3.8, 4) is 0 Å². The van der Waals surface area contributed by atoms with E-state index in [9.17, 15) is 0 Å². The van der Waals surface area contributed by atoms with E-state index < -0.39 is 0 Å². The molecule has 0 amide bonds. The van der Waals surface area contributed by atoms with Gasteiger partial charge in [0.25, 0.3) is 0 Å². The van der Waals surface area contributed by atoms with E-state index in [4.69, 9.17) is 5.73 Å². The molecule has 2 aromatic heterocycles. The van der Waals surface area contributed by atoms with Gasteiger partial charge in [-0.2, -0.15) is 5.10 Å². The molecule has 0 spiro atoms. The Labute approximate surface area is 94.7 Å². The van der Waals surface area contributed by atoms with Crippen LogP contribution in [0.5, 0.6) is 0 Å². The van der Waals surface area contributed by atoms with Crippen LogP contribution in [0.25, 0.3) is 0 Å². The van der Waals surface area contributed by atoms with Crippen LogP contribution in [0.15, 0.2) is 21.3 Å². The number of nitrogen functional groups attached to an aromatic ring is 1. The van der Waals surface area contributed by atoms with Crippen LogP contribution in [0.1, 0.15) is 11.3 Å². The van der Waals surface area contributed by atoms with Gasteiger partial charge in [-0.3, -0.25) is 4.68 Å². The van der Waals surface area contributed by atoms with Gasteiger partial charge in [0.2, 0.25) is 0 Å². The van der Waals surface area contributed by atoms with Crippen molar-refractivity contribution in [1.29, 1.82) is 0 Å². The molecule has 2 rings (SSSR count). The van der Waals surface area contributed by atoms with Crippen LogP contribution >= 0.6 is 27.3 Å². The standard InChI is InChI=1S/C9H10BrN3S/c1-6-4-8(11)12-13(6)5-7-2-3-14-9(7)10/h2-4H,5H2,1H3,(H2,11,12). The molecule has 2 N–H and O–H groups in total. The van der Waals surface area contributed by atoms with Crippen LogP contribution in [0.4, 0.5) is 5.82 Å². The lowest BCUT2D eigenvalue weighted by Gasteiger charge is -2.02. The van der Waals surface area contributed by atoms with E-state index in [1.807, 2.05) is 17.7 Å². The summed E-state index contributed by atoms with van der Waals surface area (Å²) in [5, 5.41) is 6.26. The lowest BCUT2D eigenvalue weighted by Crippen LogP contribution is -2.03. The van der Waals surface area contributed by atoms with Gasteiger partial charge in [-0.25, -0.2) is 0 Å². The highest BCUT2D eigenvalue weighted by Crippen LogP contribution is 2.24. The van der Waals surface area contributed by atoms with Crippen LogP contribution in [0.3, 0.4) is 0 Å². The Morgan fingerprint density at radius 3 is 2.93 bits per heavy atom. The maximum Gasteiger partial charge on any atom is 0.145 e. The normalized spacial score (nSPS) is 10.7. The van der Waals surface area contributed by atoms with E-state index in [0.717, 1.165) is 16.0 Å². The average molecular weight is 272 g/mol. The van der Waals surface area contributed by atoms with E-state index in [1.165, 1.54) is 5.56 Å². The quantitative estimate of drug-likeness (QED) is 0.913. The molecule has 0 unspecified atom stereocenters. The largest absolute Gasteiger partial charge is 0.382 e. The molecule has 74 valence electrons. The predicted molar refractivity (Wildman–Crippen MR) is 62.5 cm³/mol. The molecule has 3 nitrogen and oxygen atoms in total. The number of nitrogens with two attached hydrogens (primary N) is 1. The first-order chi connectivity index (χ1) is 6.66. The lowest BCUT2D eigenvalue weighted by molar-refractivity contribution is 0.668. The summed E-state index contributed by atoms with van der Waals surface area (Å²) in [5.41, 5.74) is 7.93. The van der Waals surface area contributed by atoms with Gasteiger partial charge in [-0.1, -0.05) is 0 Å². The van der Waals surface area contributed by atoms with Crippen LogP contribution in [0.2, 0.25) is 0 Å². The maximum absolute atomic E-state index is 5.61. The second-order valence-electron chi connectivity index (χ2n) is 3.09. The minimum atomic E-state index is 0.578. The number of hydrogen-bond donors (Lipinski definition) is 1. The Morgan fingerprint density at radius 2 is 2.43 bits per heavy atom. The van der Waals surface area contributed by atoms with Crippen molar-refractivity contribution in [3.05, 3.63) is 32.6 Å². The summed E-state index contributed by atoms with van der Waals surface area (Å²) in [7, 11) is 0. The second-order valence-corrected chi connectivity index (χ2v) is 5.32. The van der Waals surface area contributed by atoms with Gasteiger partial charge in [0.15, 0.2) is 0 Å². The first-order valence-corrected chi connectivity index (χ1v) is 5.86. The van der Waals surface area contributed by atoms with E-state index >= 15 is 0 Å². The fraction of sp³-hybridized carbons (Fsp3) is 0.222. The first-order valence-electron chi connectivity index (χ1n) is 4.18. The van der Waals surface area contributed by atoms with Crippen molar-refractivity contribution in [2.24, 2.45) is 0 Å². The number of hydrogen-bond acceptors (Lipinski definition) is 3. The van der Waals surface area contributed by atoms with Gasteiger partial charge < -0.3 is 5.73 Å². The van der Waals surface area contributed by atoms with Crippen molar-refractivity contribution >= 4 is 33.1 Å². The van der Waals surface area contributed by atoms with Gasteiger partial charge in [-0.05, 0) is 39.9 Å². The van der Waals surface area contributed by atoms with Crippen molar-refractivity contribution in [2.75, 3.05) is 5.73 Å². The molecule has 0 aliphatic rings. The Bertz CT molecular complexity index is 447. The number of halogens is 1. The summed E-state index contributed by atoms with van der Waals surface area (Å²) >= 11 is 5.18. The number of aromatic nitrogens is 2. The van der Waals surface area contributed by atoms with Gasteiger partial charge in [0.1, 0.15) is 5.82 Å². The van der Waals surface area contributed by atoms with Crippen molar-refractivity contribution in [1.82, 2.24) is 9.78 Å². The highest BCUT2D eigenvalue weighted by atomic mass is 79.9. The molecule has 0 radical (unpaired) electrons. The van der Waals surface area contributed by atoms with Crippen molar-refractivity contribution < 1.29 is 0 Å². The molecule has 2 aromatic rings.